The Bertz CT molecular complexity index is 234. The van der Waals surface area contributed by atoms with Gasteiger partial charge in [0.2, 0.25) is 0 Å². The van der Waals surface area contributed by atoms with E-state index in [-0.39, 0.29) is 11.5 Å². The van der Waals surface area contributed by atoms with E-state index in [1.165, 1.54) is 0 Å². The van der Waals surface area contributed by atoms with E-state index in [1.807, 2.05) is 26.8 Å². The number of rotatable bonds is 4. The van der Waals surface area contributed by atoms with Crippen LogP contribution in [0.1, 0.15) is 27.2 Å². The predicted molar refractivity (Wildman–Crippen MR) is 51.9 cm³/mol. The highest BCUT2D eigenvalue weighted by atomic mass is 16.2. The molecule has 1 amide bonds. The Morgan fingerprint density at radius 1 is 1.38 bits per heavy atom. The molecule has 0 N–H and O–H groups in total. The summed E-state index contributed by atoms with van der Waals surface area (Å²) in [6.07, 6.45) is 2.39. The monoisotopic (exact) mass is 180 g/mol. The lowest BCUT2D eigenvalue weighted by atomic mass is 10.2. The quantitative estimate of drug-likeness (QED) is 0.488. The number of nitriles is 1. The molecule has 13 heavy (non-hydrogen) atoms. The van der Waals surface area contributed by atoms with Gasteiger partial charge in [-0.3, -0.25) is 4.79 Å². The summed E-state index contributed by atoms with van der Waals surface area (Å²) >= 11 is 0. The Labute approximate surface area is 79.6 Å². The van der Waals surface area contributed by atoms with Crippen molar-refractivity contribution in [3.05, 3.63) is 11.6 Å². The van der Waals surface area contributed by atoms with Crippen LogP contribution in [0.4, 0.5) is 0 Å². The predicted octanol–water partition coefficient (Wildman–Crippen LogP) is 1.71. The number of carbonyl (C=O) groups excluding carboxylic acids is 1. The summed E-state index contributed by atoms with van der Waals surface area (Å²) in [7, 11) is 0. The average molecular weight is 180 g/mol. The molecule has 0 spiro atoms. The van der Waals surface area contributed by atoms with E-state index in [0.29, 0.717) is 13.1 Å². The van der Waals surface area contributed by atoms with Crippen LogP contribution in [0, 0.1) is 11.3 Å². The Balaban J connectivity index is 4.56. The van der Waals surface area contributed by atoms with Crippen molar-refractivity contribution in [1.82, 2.24) is 4.90 Å². The minimum atomic E-state index is -0.158. The molecule has 0 radical (unpaired) electrons. The molecule has 0 aromatic heterocycles. The van der Waals surface area contributed by atoms with Crippen molar-refractivity contribution in [2.24, 2.45) is 0 Å². The van der Waals surface area contributed by atoms with Gasteiger partial charge in [0.1, 0.15) is 11.6 Å². The van der Waals surface area contributed by atoms with E-state index >= 15 is 0 Å². The minimum Gasteiger partial charge on any atom is -0.339 e. The van der Waals surface area contributed by atoms with Gasteiger partial charge in [0.25, 0.3) is 5.91 Å². The molecule has 3 heteroatoms. The fourth-order valence-electron chi connectivity index (χ4n) is 1.07. The summed E-state index contributed by atoms with van der Waals surface area (Å²) in [5.74, 6) is -0.158. The topological polar surface area (TPSA) is 44.1 Å². The smallest absolute Gasteiger partial charge is 0.264 e. The number of carbonyl (C=O) groups is 1. The molecule has 0 saturated carbocycles. The summed E-state index contributed by atoms with van der Waals surface area (Å²) in [5, 5.41) is 8.70. The number of hydrogen-bond acceptors (Lipinski definition) is 2. The summed E-state index contributed by atoms with van der Waals surface area (Å²) in [5.41, 5.74) is 0.256. The zero-order chi connectivity index (χ0) is 10.3. The fraction of sp³-hybridized carbons (Fsp3) is 0.600. The largest absolute Gasteiger partial charge is 0.339 e. The van der Waals surface area contributed by atoms with Gasteiger partial charge in [-0.15, -0.1) is 0 Å². The van der Waals surface area contributed by atoms with Crippen molar-refractivity contribution in [3.8, 4) is 6.07 Å². The zero-order valence-corrected chi connectivity index (χ0v) is 8.50. The molecule has 0 saturated heterocycles. The molecule has 0 bridgehead atoms. The number of likely N-dealkylation sites (N-methyl/N-ethyl adjacent to an activating group) is 1. The first-order valence-corrected chi connectivity index (χ1v) is 4.60. The summed E-state index contributed by atoms with van der Waals surface area (Å²) in [6.45, 7) is 7.02. The van der Waals surface area contributed by atoms with Crippen molar-refractivity contribution >= 4 is 5.91 Å². The van der Waals surface area contributed by atoms with Crippen LogP contribution in [0.15, 0.2) is 11.6 Å². The van der Waals surface area contributed by atoms with Crippen LogP contribution in [0.2, 0.25) is 0 Å². The second kappa shape index (κ2) is 6.24. The molecule has 0 fully saturated rings. The van der Waals surface area contributed by atoms with Crippen LogP contribution in [-0.2, 0) is 4.79 Å². The Morgan fingerprint density at radius 2 is 1.92 bits per heavy atom. The lowest BCUT2D eigenvalue weighted by molar-refractivity contribution is -0.126. The lowest BCUT2D eigenvalue weighted by Crippen LogP contribution is -2.31. The molecule has 0 aliphatic rings. The van der Waals surface area contributed by atoms with Gasteiger partial charge in [-0.25, -0.2) is 0 Å². The fourth-order valence-corrected chi connectivity index (χ4v) is 1.07. The summed E-state index contributed by atoms with van der Waals surface area (Å²) in [4.78, 5) is 13.2. The van der Waals surface area contributed by atoms with Crippen molar-refractivity contribution < 1.29 is 4.79 Å². The van der Waals surface area contributed by atoms with Crippen LogP contribution >= 0.6 is 0 Å². The van der Waals surface area contributed by atoms with Gasteiger partial charge < -0.3 is 4.90 Å². The maximum absolute atomic E-state index is 11.6. The van der Waals surface area contributed by atoms with E-state index in [4.69, 9.17) is 5.26 Å². The molecule has 0 aliphatic heterocycles. The summed E-state index contributed by atoms with van der Waals surface area (Å²) < 4.78 is 0. The van der Waals surface area contributed by atoms with Crippen LogP contribution in [0.5, 0.6) is 0 Å². The summed E-state index contributed by atoms with van der Waals surface area (Å²) in [6, 6.07) is 1.92. The Hall–Kier alpha value is -1.30. The van der Waals surface area contributed by atoms with Gasteiger partial charge in [-0.2, -0.15) is 5.26 Å². The number of amides is 1. The van der Waals surface area contributed by atoms with Crippen LogP contribution in [0.25, 0.3) is 0 Å². The highest BCUT2D eigenvalue weighted by Crippen LogP contribution is 2.01. The second-order valence-electron chi connectivity index (χ2n) is 2.62. The molecule has 72 valence electrons. The van der Waals surface area contributed by atoms with Gasteiger partial charge in [-0.1, -0.05) is 13.0 Å². The Morgan fingerprint density at radius 3 is 2.23 bits per heavy atom. The number of nitrogens with zero attached hydrogens (tertiary/aromatic N) is 2. The molecule has 3 nitrogen and oxygen atoms in total. The number of allylic oxidation sites excluding steroid dienone is 1. The lowest BCUT2D eigenvalue weighted by Gasteiger charge is -2.17. The molecule has 0 atom stereocenters. The van der Waals surface area contributed by atoms with Crippen LogP contribution in [0.3, 0.4) is 0 Å². The zero-order valence-electron chi connectivity index (χ0n) is 8.50. The Kier molecular flexibility index (Phi) is 5.62. The molecule has 0 unspecified atom stereocenters. The normalized spacial score (nSPS) is 10.8. The maximum Gasteiger partial charge on any atom is 0.264 e. The van der Waals surface area contributed by atoms with Crippen molar-refractivity contribution in [1.29, 1.82) is 5.26 Å². The van der Waals surface area contributed by atoms with Crippen molar-refractivity contribution in [2.75, 3.05) is 13.1 Å². The molecule has 0 heterocycles. The molecular formula is C10H16N2O. The van der Waals surface area contributed by atoms with Gasteiger partial charge in [-0.05, 0) is 20.3 Å². The molecule has 0 aromatic carbocycles. The maximum atomic E-state index is 11.6. The number of hydrogen-bond donors (Lipinski definition) is 0. The highest BCUT2D eigenvalue weighted by Gasteiger charge is 2.13. The third-order valence-electron chi connectivity index (χ3n) is 1.81. The first-order chi connectivity index (χ1) is 6.21. The van der Waals surface area contributed by atoms with Crippen LogP contribution < -0.4 is 0 Å². The first-order valence-electron chi connectivity index (χ1n) is 4.60. The van der Waals surface area contributed by atoms with Gasteiger partial charge in [0.05, 0.1) is 0 Å². The third-order valence-corrected chi connectivity index (χ3v) is 1.81. The van der Waals surface area contributed by atoms with E-state index in [2.05, 4.69) is 0 Å². The van der Waals surface area contributed by atoms with Crippen LogP contribution in [-0.4, -0.2) is 23.9 Å². The van der Waals surface area contributed by atoms with E-state index in [9.17, 15) is 4.79 Å². The second-order valence-corrected chi connectivity index (χ2v) is 2.62. The van der Waals surface area contributed by atoms with Gasteiger partial charge in [0.15, 0.2) is 0 Å². The third kappa shape index (κ3) is 3.29. The average Bonchev–Trinajstić information content (AvgIpc) is 2.15. The molecular weight excluding hydrogens is 164 g/mol. The molecule has 0 rings (SSSR count). The SMILES string of the molecule is CC/C=C(\C#N)C(=O)N(CC)CC. The standard InChI is InChI=1S/C10H16N2O/c1-4-7-9(8-11)10(13)12(5-2)6-3/h7H,4-6H2,1-3H3/b9-7+. The highest BCUT2D eigenvalue weighted by molar-refractivity contribution is 5.97. The van der Waals surface area contributed by atoms with E-state index in [1.54, 1.807) is 11.0 Å². The van der Waals surface area contributed by atoms with Gasteiger partial charge in [0, 0.05) is 13.1 Å². The molecule has 0 aliphatic carbocycles. The van der Waals surface area contributed by atoms with Gasteiger partial charge >= 0.3 is 0 Å². The minimum absolute atomic E-state index is 0.158. The van der Waals surface area contributed by atoms with E-state index in [0.717, 1.165) is 6.42 Å². The van der Waals surface area contributed by atoms with Crippen molar-refractivity contribution in [3.63, 3.8) is 0 Å². The molecule has 0 aromatic rings. The first kappa shape index (κ1) is 11.7. The van der Waals surface area contributed by atoms with Crippen molar-refractivity contribution in [2.45, 2.75) is 27.2 Å². The van der Waals surface area contributed by atoms with E-state index < -0.39 is 0 Å².